The Morgan fingerprint density at radius 2 is 1.97 bits per heavy atom. The highest BCUT2D eigenvalue weighted by Crippen LogP contribution is 2.27. The summed E-state index contributed by atoms with van der Waals surface area (Å²) in [6.07, 6.45) is 6.29. The van der Waals surface area contributed by atoms with Crippen LogP contribution in [0.1, 0.15) is 43.0 Å². The first-order valence-electron chi connectivity index (χ1n) is 12.1. The summed E-state index contributed by atoms with van der Waals surface area (Å²) in [5.74, 6) is 1.22. The number of aromatic nitrogens is 3. The SMILES string of the molecule is CCCN1CCN(Cc2nc(CC)[nH]c2C)CC(Cc2ccccc2-c2cccnc2)C1=O. The van der Waals surface area contributed by atoms with Gasteiger partial charge in [-0.25, -0.2) is 4.98 Å². The highest BCUT2D eigenvalue weighted by molar-refractivity contribution is 5.80. The summed E-state index contributed by atoms with van der Waals surface area (Å²) in [5, 5.41) is 0. The van der Waals surface area contributed by atoms with Gasteiger partial charge in [0.1, 0.15) is 5.82 Å². The first-order chi connectivity index (χ1) is 16.1. The van der Waals surface area contributed by atoms with Gasteiger partial charge in [0.2, 0.25) is 5.91 Å². The molecule has 1 N–H and O–H groups in total. The lowest BCUT2D eigenvalue weighted by Crippen LogP contribution is -2.37. The largest absolute Gasteiger partial charge is 0.346 e. The molecule has 0 aliphatic carbocycles. The highest BCUT2D eigenvalue weighted by Gasteiger charge is 2.31. The molecule has 1 aromatic carbocycles. The van der Waals surface area contributed by atoms with E-state index in [1.54, 1.807) is 6.20 Å². The number of nitrogens with one attached hydrogen (secondary N) is 1. The first kappa shape index (κ1) is 23.2. The molecule has 0 saturated carbocycles. The summed E-state index contributed by atoms with van der Waals surface area (Å²) in [4.78, 5) is 30.5. The van der Waals surface area contributed by atoms with Crippen molar-refractivity contribution >= 4 is 5.91 Å². The Kier molecular flexibility index (Phi) is 7.55. The smallest absolute Gasteiger partial charge is 0.227 e. The Bertz CT molecular complexity index is 1060. The zero-order valence-corrected chi connectivity index (χ0v) is 20.1. The van der Waals surface area contributed by atoms with E-state index in [1.165, 1.54) is 5.56 Å². The maximum Gasteiger partial charge on any atom is 0.227 e. The Labute approximate surface area is 197 Å². The fourth-order valence-electron chi connectivity index (χ4n) is 4.76. The third-order valence-corrected chi connectivity index (χ3v) is 6.52. The summed E-state index contributed by atoms with van der Waals surface area (Å²) in [6, 6.07) is 12.5. The molecule has 3 heterocycles. The van der Waals surface area contributed by atoms with Crippen LogP contribution < -0.4 is 0 Å². The second-order valence-electron chi connectivity index (χ2n) is 8.97. The van der Waals surface area contributed by atoms with Gasteiger partial charge in [-0.1, -0.05) is 44.2 Å². The molecule has 0 radical (unpaired) electrons. The van der Waals surface area contributed by atoms with Crippen LogP contribution >= 0.6 is 0 Å². The molecule has 4 rings (SSSR count). The van der Waals surface area contributed by atoms with Crippen molar-refractivity contribution in [2.45, 2.75) is 46.6 Å². The zero-order valence-electron chi connectivity index (χ0n) is 20.1. The van der Waals surface area contributed by atoms with E-state index in [1.807, 2.05) is 12.3 Å². The lowest BCUT2D eigenvalue weighted by Gasteiger charge is -2.24. The minimum Gasteiger partial charge on any atom is -0.346 e. The molecule has 2 aromatic heterocycles. The number of nitrogens with zero attached hydrogens (tertiary/aromatic N) is 4. The predicted octanol–water partition coefficient (Wildman–Crippen LogP) is 4.26. The van der Waals surface area contributed by atoms with Crippen LogP contribution in [0.4, 0.5) is 0 Å². The third kappa shape index (κ3) is 5.50. The molecule has 6 nitrogen and oxygen atoms in total. The minimum absolute atomic E-state index is 0.0817. The second kappa shape index (κ2) is 10.8. The number of aromatic amines is 1. The van der Waals surface area contributed by atoms with Crippen molar-refractivity contribution in [3.8, 4) is 11.1 Å². The van der Waals surface area contributed by atoms with Crippen LogP contribution in [0.5, 0.6) is 0 Å². The Morgan fingerprint density at radius 1 is 1.12 bits per heavy atom. The van der Waals surface area contributed by atoms with Crippen LogP contribution in [-0.4, -0.2) is 56.8 Å². The van der Waals surface area contributed by atoms with Gasteiger partial charge in [0, 0.05) is 62.8 Å². The fourth-order valence-corrected chi connectivity index (χ4v) is 4.76. The molecule has 1 fully saturated rings. The average Bonchev–Trinajstić information content (AvgIpc) is 3.13. The summed E-state index contributed by atoms with van der Waals surface area (Å²) >= 11 is 0. The number of H-pyrrole nitrogens is 1. The van der Waals surface area contributed by atoms with Crippen molar-refractivity contribution in [3.05, 3.63) is 71.6 Å². The van der Waals surface area contributed by atoms with E-state index >= 15 is 0 Å². The summed E-state index contributed by atoms with van der Waals surface area (Å²) in [5.41, 5.74) is 5.68. The molecule has 1 amide bonds. The molecule has 0 bridgehead atoms. The number of rotatable bonds is 8. The molecule has 1 saturated heterocycles. The van der Waals surface area contributed by atoms with E-state index in [9.17, 15) is 4.79 Å². The van der Waals surface area contributed by atoms with Crippen molar-refractivity contribution < 1.29 is 4.79 Å². The summed E-state index contributed by atoms with van der Waals surface area (Å²) < 4.78 is 0. The van der Waals surface area contributed by atoms with Gasteiger partial charge < -0.3 is 9.88 Å². The van der Waals surface area contributed by atoms with Crippen LogP contribution in [0, 0.1) is 12.8 Å². The van der Waals surface area contributed by atoms with Crippen molar-refractivity contribution in [1.82, 2.24) is 24.8 Å². The van der Waals surface area contributed by atoms with Crippen molar-refractivity contribution in [1.29, 1.82) is 0 Å². The monoisotopic (exact) mass is 445 g/mol. The number of hydrogen-bond acceptors (Lipinski definition) is 4. The molecule has 1 aliphatic heterocycles. The van der Waals surface area contributed by atoms with Crippen LogP contribution in [0.15, 0.2) is 48.8 Å². The van der Waals surface area contributed by atoms with Crippen molar-refractivity contribution in [2.75, 3.05) is 26.2 Å². The normalized spacial score (nSPS) is 17.4. The number of aryl methyl sites for hydroxylation is 2. The first-order valence-corrected chi connectivity index (χ1v) is 12.1. The Morgan fingerprint density at radius 3 is 2.70 bits per heavy atom. The number of pyridine rings is 1. The summed E-state index contributed by atoms with van der Waals surface area (Å²) in [6.45, 7) is 10.3. The lowest BCUT2D eigenvalue weighted by molar-refractivity contribution is -0.134. The molecule has 174 valence electrons. The van der Waals surface area contributed by atoms with Crippen LogP contribution in [0.25, 0.3) is 11.1 Å². The van der Waals surface area contributed by atoms with Crippen LogP contribution in [-0.2, 0) is 24.2 Å². The molecular weight excluding hydrogens is 410 g/mol. The average molecular weight is 446 g/mol. The van der Waals surface area contributed by atoms with Crippen LogP contribution in [0.2, 0.25) is 0 Å². The van der Waals surface area contributed by atoms with Gasteiger partial charge in [0.25, 0.3) is 0 Å². The molecule has 33 heavy (non-hydrogen) atoms. The molecule has 1 atom stereocenters. The molecule has 0 spiro atoms. The number of hydrogen-bond donors (Lipinski definition) is 1. The molecular formula is C27H35N5O. The van der Waals surface area contributed by atoms with Gasteiger partial charge in [-0.05, 0) is 37.0 Å². The quantitative estimate of drug-likeness (QED) is 0.563. The van der Waals surface area contributed by atoms with Crippen molar-refractivity contribution in [3.63, 3.8) is 0 Å². The van der Waals surface area contributed by atoms with E-state index in [0.717, 1.165) is 80.3 Å². The maximum absolute atomic E-state index is 13.6. The second-order valence-corrected chi connectivity index (χ2v) is 8.97. The zero-order chi connectivity index (χ0) is 23.2. The molecule has 6 heteroatoms. The van der Waals surface area contributed by atoms with E-state index in [-0.39, 0.29) is 11.8 Å². The van der Waals surface area contributed by atoms with E-state index < -0.39 is 0 Å². The standard InChI is InChI=1S/C27H35N5O/c1-4-13-32-15-14-31(19-25-20(3)29-26(5-2)30-25)18-23(27(32)33)16-21-9-6-7-11-24(21)22-10-8-12-28-17-22/h6-12,17,23H,4-5,13-16,18-19H2,1-3H3,(H,29,30). The van der Waals surface area contributed by atoms with Gasteiger partial charge in [0.15, 0.2) is 0 Å². The fraction of sp³-hybridized carbons (Fsp3) is 0.444. The number of carbonyl (C=O) groups is 1. The van der Waals surface area contributed by atoms with E-state index in [4.69, 9.17) is 4.98 Å². The predicted molar refractivity (Wildman–Crippen MR) is 132 cm³/mol. The van der Waals surface area contributed by atoms with Crippen molar-refractivity contribution in [2.24, 2.45) is 5.92 Å². The van der Waals surface area contributed by atoms with Gasteiger partial charge in [-0.2, -0.15) is 0 Å². The number of carbonyl (C=O) groups excluding carboxylic acids is 1. The van der Waals surface area contributed by atoms with E-state index in [2.05, 4.69) is 70.9 Å². The van der Waals surface area contributed by atoms with E-state index in [0.29, 0.717) is 0 Å². The van der Waals surface area contributed by atoms with Gasteiger partial charge in [-0.3, -0.25) is 14.7 Å². The molecule has 3 aromatic rings. The Hall–Kier alpha value is -2.99. The van der Waals surface area contributed by atoms with Gasteiger partial charge in [0.05, 0.1) is 11.6 Å². The molecule has 1 aliphatic rings. The molecule has 1 unspecified atom stereocenters. The minimum atomic E-state index is -0.0817. The lowest BCUT2D eigenvalue weighted by atomic mass is 9.91. The third-order valence-electron chi connectivity index (χ3n) is 6.52. The topological polar surface area (TPSA) is 65.1 Å². The maximum atomic E-state index is 13.6. The number of amides is 1. The van der Waals surface area contributed by atoms with Gasteiger partial charge in [-0.15, -0.1) is 0 Å². The number of benzene rings is 1. The number of imidazole rings is 1. The highest BCUT2D eigenvalue weighted by atomic mass is 16.2. The van der Waals surface area contributed by atoms with Gasteiger partial charge >= 0.3 is 0 Å². The Balaban J connectivity index is 1.59. The van der Waals surface area contributed by atoms with Crippen LogP contribution in [0.3, 0.4) is 0 Å². The summed E-state index contributed by atoms with van der Waals surface area (Å²) in [7, 11) is 0.